The molecule has 214 valence electrons. The number of pyridine rings is 1. The quantitative estimate of drug-likeness (QED) is 0.406. The van der Waals surface area contributed by atoms with E-state index in [4.69, 9.17) is 0 Å². The molecule has 0 spiro atoms. The van der Waals surface area contributed by atoms with Crippen molar-refractivity contribution in [3.8, 4) is 0 Å². The van der Waals surface area contributed by atoms with Crippen LogP contribution < -0.4 is 10.6 Å². The molecule has 1 fully saturated rings. The Hall–Kier alpha value is -3.65. The van der Waals surface area contributed by atoms with Gasteiger partial charge in [-0.3, -0.25) is 14.4 Å². The Balaban J connectivity index is 1.56. The molecule has 1 saturated heterocycles. The maximum atomic E-state index is 14.0. The second kappa shape index (κ2) is 12.7. The van der Waals surface area contributed by atoms with Crippen LogP contribution in [-0.4, -0.2) is 76.7 Å². The van der Waals surface area contributed by atoms with Crippen molar-refractivity contribution in [3.05, 3.63) is 78.1 Å². The summed E-state index contributed by atoms with van der Waals surface area (Å²) >= 11 is 0. The van der Waals surface area contributed by atoms with Gasteiger partial charge in [0, 0.05) is 43.6 Å². The largest absolute Gasteiger partial charge is 0.342 e. The van der Waals surface area contributed by atoms with Crippen LogP contribution in [0.15, 0.2) is 67.0 Å². The monoisotopic (exact) mass is 545 g/mol. The highest BCUT2D eigenvalue weighted by molar-refractivity contribution is 5.96. The SMILES string of the molecule is CN[C@@H](C)C(=O)N[C@H](C(=O)N1CCC[C@H]1CN(CCc1ccccc1)C(=O)c1cc2ccccn2c1)C(C)(C)C. The van der Waals surface area contributed by atoms with E-state index in [0.717, 1.165) is 30.3 Å². The number of benzene rings is 1. The maximum Gasteiger partial charge on any atom is 0.255 e. The Labute approximate surface area is 237 Å². The van der Waals surface area contributed by atoms with Gasteiger partial charge in [-0.15, -0.1) is 0 Å². The number of rotatable bonds is 10. The molecular formula is C32H43N5O3. The molecule has 3 aromatic rings. The fourth-order valence-corrected chi connectivity index (χ4v) is 5.32. The topological polar surface area (TPSA) is 86.2 Å². The van der Waals surface area contributed by atoms with Gasteiger partial charge in [-0.2, -0.15) is 0 Å². The van der Waals surface area contributed by atoms with Gasteiger partial charge in [0.2, 0.25) is 11.8 Å². The van der Waals surface area contributed by atoms with Gasteiger partial charge in [0.05, 0.1) is 11.6 Å². The van der Waals surface area contributed by atoms with E-state index in [0.29, 0.717) is 25.2 Å². The molecule has 3 atom stereocenters. The summed E-state index contributed by atoms with van der Waals surface area (Å²) in [5, 5.41) is 5.94. The molecule has 0 radical (unpaired) electrons. The minimum Gasteiger partial charge on any atom is -0.342 e. The Kier molecular flexibility index (Phi) is 9.30. The number of likely N-dealkylation sites (tertiary alicyclic amines) is 1. The van der Waals surface area contributed by atoms with E-state index in [1.807, 2.05) is 89.8 Å². The maximum absolute atomic E-state index is 14.0. The van der Waals surface area contributed by atoms with Crippen LogP contribution in [-0.2, 0) is 16.0 Å². The highest BCUT2D eigenvalue weighted by atomic mass is 16.2. The molecule has 0 saturated carbocycles. The summed E-state index contributed by atoms with van der Waals surface area (Å²) < 4.78 is 1.96. The Morgan fingerprint density at radius 1 is 1.07 bits per heavy atom. The first-order chi connectivity index (χ1) is 19.1. The molecule has 1 aliphatic heterocycles. The van der Waals surface area contributed by atoms with Crippen LogP contribution in [0.3, 0.4) is 0 Å². The zero-order chi connectivity index (χ0) is 28.9. The van der Waals surface area contributed by atoms with E-state index >= 15 is 0 Å². The van der Waals surface area contributed by atoms with E-state index in [2.05, 4.69) is 22.8 Å². The van der Waals surface area contributed by atoms with Crippen LogP contribution in [0.4, 0.5) is 0 Å². The van der Waals surface area contributed by atoms with Gasteiger partial charge in [-0.1, -0.05) is 57.2 Å². The van der Waals surface area contributed by atoms with Crippen LogP contribution in [0.1, 0.15) is 56.5 Å². The fourth-order valence-electron chi connectivity index (χ4n) is 5.32. The van der Waals surface area contributed by atoms with Crippen molar-refractivity contribution in [1.29, 1.82) is 0 Å². The number of carbonyl (C=O) groups excluding carboxylic acids is 3. The first-order valence-electron chi connectivity index (χ1n) is 14.3. The van der Waals surface area contributed by atoms with Gasteiger partial charge in [-0.05, 0) is 62.4 Å². The number of nitrogens with one attached hydrogen (secondary N) is 2. The minimum atomic E-state index is -0.665. The summed E-state index contributed by atoms with van der Waals surface area (Å²) in [6, 6.07) is 16.8. The second-order valence-corrected chi connectivity index (χ2v) is 11.9. The van der Waals surface area contributed by atoms with Gasteiger partial charge in [0.25, 0.3) is 5.91 Å². The molecule has 8 nitrogen and oxygen atoms in total. The smallest absolute Gasteiger partial charge is 0.255 e. The van der Waals surface area contributed by atoms with E-state index in [9.17, 15) is 14.4 Å². The molecule has 1 aliphatic rings. The molecule has 1 aromatic carbocycles. The Morgan fingerprint density at radius 2 is 1.80 bits per heavy atom. The number of nitrogens with zero attached hydrogens (tertiary/aromatic N) is 3. The highest BCUT2D eigenvalue weighted by Crippen LogP contribution is 2.27. The summed E-state index contributed by atoms with van der Waals surface area (Å²) in [5.74, 6) is -0.328. The molecule has 2 aromatic heterocycles. The summed E-state index contributed by atoms with van der Waals surface area (Å²) in [6.45, 7) is 9.30. The molecule has 2 N–H and O–H groups in total. The number of likely N-dealkylation sites (N-methyl/N-ethyl adjacent to an activating group) is 1. The first-order valence-corrected chi connectivity index (χ1v) is 14.3. The van der Waals surface area contributed by atoms with Crippen molar-refractivity contribution in [1.82, 2.24) is 24.8 Å². The summed E-state index contributed by atoms with van der Waals surface area (Å²) in [7, 11) is 1.73. The lowest BCUT2D eigenvalue weighted by Crippen LogP contribution is -2.59. The third-order valence-electron chi connectivity index (χ3n) is 7.87. The van der Waals surface area contributed by atoms with E-state index in [-0.39, 0.29) is 23.8 Å². The predicted molar refractivity (Wildman–Crippen MR) is 158 cm³/mol. The van der Waals surface area contributed by atoms with Gasteiger partial charge in [-0.25, -0.2) is 0 Å². The number of hydrogen-bond donors (Lipinski definition) is 2. The van der Waals surface area contributed by atoms with Crippen LogP contribution in [0.5, 0.6) is 0 Å². The van der Waals surface area contributed by atoms with Crippen molar-refractivity contribution in [2.24, 2.45) is 5.41 Å². The molecular weight excluding hydrogens is 502 g/mol. The lowest BCUT2D eigenvalue weighted by atomic mass is 9.85. The first kappa shape index (κ1) is 29.3. The van der Waals surface area contributed by atoms with Crippen molar-refractivity contribution in [2.75, 3.05) is 26.7 Å². The molecule has 0 aliphatic carbocycles. The molecule has 40 heavy (non-hydrogen) atoms. The van der Waals surface area contributed by atoms with Crippen molar-refractivity contribution in [2.45, 2.75) is 65.1 Å². The van der Waals surface area contributed by atoms with Crippen molar-refractivity contribution >= 4 is 23.2 Å². The van der Waals surface area contributed by atoms with Gasteiger partial charge >= 0.3 is 0 Å². The minimum absolute atomic E-state index is 0.0394. The standard InChI is InChI=1S/C32H43N5O3/c1-23(33-5)29(38)34-28(32(2,3)4)31(40)37-18-11-15-27(37)22-36(19-16-24-12-7-6-8-13-24)30(39)25-20-26-14-9-10-17-35(26)21-25/h6-10,12-14,17,20-21,23,27-28,33H,11,15-16,18-19,22H2,1-5H3,(H,34,38)/t23-,27-,28+/m0/s1. The Morgan fingerprint density at radius 3 is 2.48 bits per heavy atom. The van der Waals surface area contributed by atoms with Crippen LogP contribution in [0.2, 0.25) is 0 Å². The summed E-state index contributed by atoms with van der Waals surface area (Å²) in [4.78, 5) is 44.4. The van der Waals surface area contributed by atoms with Crippen molar-refractivity contribution < 1.29 is 14.4 Å². The van der Waals surface area contributed by atoms with Crippen molar-refractivity contribution in [3.63, 3.8) is 0 Å². The van der Waals surface area contributed by atoms with Crippen LogP contribution in [0.25, 0.3) is 5.52 Å². The zero-order valence-electron chi connectivity index (χ0n) is 24.4. The molecule has 4 rings (SSSR count). The average molecular weight is 546 g/mol. The number of aromatic nitrogens is 1. The Bertz CT molecular complexity index is 1280. The third-order valence-corrected chi connectivity index (χ3v) is 7.87. The van der Waals surface area contributed by atoms with E-state index in [1.54, 1.807) is 14.0 Å². The summed E-state index contributed by atoms with van der Waals surface area (Å²) in [6.07, 6.45) is 6.22. The molecule has 0 bridgehead atoms. The predicted octanol–water partition coefficient (Wildman–Crippen LogP) is 3.75. The number of hydrogen-bond acceptors (Lipinski definition) is 4. The number of carbonyl (C=O) groups is 3. The van der Waals surface area contributed by atoms with E-state index in [1.165, 1.54) is 0 Å². The van der Waals surface area contributed by atoms with Crippen LogP contribution >= 0.6 is 0 Å². The lowest BCUT2D eigenvalue weighted by molar-refractivity contribution is -0.140. The van der Waals surface area contributed by atoms with Gasteiger partial charge in [0.15, 0.2) is 0 Å². The normalized spacial score (nSPS) is 17.0. The zero-order valence-corrected chi connectivity index (χ0v) is 24.4. The fraction of sp³-hybridized carbons (Fsp3) is 0.469. The molecule has 3 heterocycles. The number of amides is 3. The number of fused-ring (bicyclic) bond motifs is 1. The second-order valence-electron chi connectivity index (χ2n) is 11.9. The molecule has 0 unspecified atom stereocenters. The molecule has 3 amide bonds. The van der Waals surface area contributed by atoms with Gasteiger partial charge < -0.3 is 24.8 Å². The van der Waals surface area contributed by atoms with Gasteiger partial charge in [0.1, 0.15) is 6.04 Å². The lowest BCUT2D eigenvalue weighted by Gasteiger charge is -2.37. The average Bonchev–Trinajstić information content (AvgIpc) is 3.59. The summed E-state index contributed by atoms with van der Waals surface area (Å²) in [5.41, 5.74) is 2.29. The van der Waals surface area contributed by atoms with E-state index < -0.39 is 17.5 Å². The molecule has 8 heteroatoms. The van der Waals surface area contributed by atoms with Crippen LogP contribution in [0, 0.1) is 5.41 Å². The third kappa shape index (κ3) is 6.91. The highest BCUT2D eigenvalue weighted by Gasteiger charge is 2.40.